The first-order valence-electron chi connectivity index (χ1n) is 9.42. The van der Waals surface area contributed by atoms with Crippen LogP contribution < -0.4 is 19.6 Å². The fourth-order valence-corrected chi connectivity index (χ4v) is 3.31. The fraction of sp³-hybridized carbons (Fsp3) is 0.174. The zero-order valence-corrected chi connectivity index (χ0v) is 18.2. The molecule has 1 heterocycles. The van der Waals surface area contributed by atoms with Crippen molar-refractivity contribution in [2.75, 3.05) is 13.7 Å². The Hall–Kier alpha value is -3.65. The number of nitrogens with one attached hydrogen (secondary N) is 1. The maximum atomic E-state index is 12.1. The Morgan fingerprint density at radius 2 is 1.87 bits per heavy atom. The van der Waals surface area contributed by atoms with Gasteiger partial charge in [0, 0.05) is 0 Å². The maximum absolute atomic E-state index is 12.1. The molecule has 2 aromatic carbocycles. The minimum absolute atomic E-state index is 0.151. The summed E-state index contributed by atoms with van der Waals surface area (Å²) in [7, 11) is 1.48. The summed E-state index contributed by atoms with van der Waals surface area (Å²) < 4.78 is 16.2. The molecular formula is C23H22N2O5S. The van der Waals surface area contributed by atoms with Crippen molar-refractivity contribution in [3.8, 4) is 17.2 Å². The van der Waals surface area contributed by atoms with E-state index in [1.807, 2.05) is 32.0 Å². The van der Waals surface area contributed by atoms with Gasteiger partial charge >= 0.3 is 5.97 Å². The summed E-state index contributed by atoms with van der Waals surface area (Å²) in [5.41, 5.74) is 5.16. The van der Waals surface area contributed by atoms with Crippen molar-refractivity contribution in [1.29, 1.82) is 0 Å². The highest BCUT2D eigenvalue weighted by atomic mass is 32.1. The van der Waals surface area contributed by atoms with Gasteiger partial charge < -0.3 is 14.2 Å². The number of nitrogens with zero attached hydrogens (tertiary/aromatic N) is 1. The van der Waals surface area contributed by atoms with Crippen LogP contribution >= 0.6 is 11.3 Å². The number of carbonyl (C=O) groups excluding carboxylic acids is 2. The van der Waals surface area contributed by atoms with Gasteiger partial charge in [-0.05, 0) is 60.7 Å². The summed E-state index contributed by atoms with van der Waals surface area (Å²) in [6.45, 7) is 3.77. The van der Waals surface area contributed by atoms with Crippen molar-refractivity contribution in [1.82, 2.24) is 5.43 Å². The topological polar surface area (TPSA) is 86.2 Å². The molecular weight excluding hydrogens is 416 g/mol. The second-order valence-electron chi connectivity index (χ2n) is 6.63. The van der Waals surface area contributed by atoms with Crippen LogP contribution in [0.15, 0.2) is 59.0 Å². The number of methoxy groups -OCH3 is 1. The lowest BCUT2D eigenvalue weighted by molar-refractivity contribution is -0.123. The van der Waals surface area contributed by atoms with Gasteiger partial charge in [-0.1, -0.05) is 23.8 Å². The van der Waals surface area contributed by atoms with E-state index >= 15 is 0 Å². The van der Waals surface area contributed by atoms with E-state index in [1.165, 1.54) is 24.7 Å². The van der Waals surface area contributed by atoms with E-state index in [1.54, 1.807) is 35.7 Å². The lowest BCUT2D eigenvalue weighted by Gasteiger charge is -2.09. The summed E-state index contributed by atoms with van der Waals surface area (Å²) in [5.74, 6) is 0.486. The smallest absolute Gasteiger partial charge is 0.353 e. The molecule has 0 saturated heterocycles. The molecule has 0 spiro atoms. The predicted molar refractivity (Wildman–Crippen MR) is 119 cm³/mol. The Kier molecular flexibility index (Phi) is 7.40. The third-order valence-corrected chi connectivity index (χ3v) is 5.05. The Balaban J connectivity index is 1.55. The Bertz CT molecular complexity index is 1090. The summed E-state index contributed by atoms with van der Waals surface area (Å²) in [4.78, 5) is 24.6. The number of hydrogen-bond donors (Lipinski definition) is 1. The van der Waals surface area contributed by atoms with E-state index in [2.05, 4.69) is 10.5 Å². The third-order valence-electron chi connectivity index (χ3n) is 4.20. The van der Waals surface area contributed by atoms with Crippen molar-refractivity contribution in [2.24, 2.45) is 5.10 Å². The third kappa shape index (κ3) is 6.16. The number of aryl methyl sites for hydroxylation is 2. The molecule has 0 bridgehead atoms. The van der Waals surface area contributed by atoms with Crippen LogP contribution in [0.2, 0.25) is 0 Å². The van der Waals surface area contributed by atoms with Gasteiger partial charge in [-0.15, -0.1) is 11.3 Å². The normalized spacial score (nSPS) is 10.7. The molecule has 8 heteroatoms. The van der Waals surface area contributed by atoms with Gasteiger partial charge in [0.05, 0.1) is 13.3 Å². The van der Waals surface area contributed by atoms with Crippen LogP contribution in [0.25, 0.3) is 0 Å². The number of hydrazone groups is 1. The molecule has 0 fully saturated rings. The molecule has 3 aromatic rings. The second kappa shape index (κ2) is 10.4. The van der Waals surface area contributed by atoms with Crippen molar-refractivity contribution in [3.05, 3.63) is 75.5 Å². The van der Waals surface area contributed by atoms with Crippen molar-refractivity contribution < 1.29 is 23.8 Å². The Morgan fingerprint density at radius 3 is 2.58 bits per heavy atom. The van der Waals surface area contributed by atoms with Crippen LogP contribution in [0.5, 0.6) is 17.2 Å². The average molecular weight is 439 g/mol. The maximum Gasteiger partial charge on any atom is 0.353 e. The first-order valence-corrected chi connectivity index (χ1v) is 10.3. The zero-order chi connectivity index (χ0) is 22.2. The van der Waals surface area contributed by atoms with Crippen molar-refractivity contribution >= 4 is 29.4 Å². The summed E-state index contributed by atoms with van der Waals surface area (Å²) >= 11 is 1.30. The lowest BCUT2D eigenvalue weighted by atomic mass is 10.1. The van der Waals surface area contributed by atoms with Gasteiger partial charge in [-0.3, -0.25) is 4.79 Å². The number of carbonyl (C=O) groups is 2. The molecule has 0 atom stereocenters. The van der Waals surface area contributed by atoms with E-state index in [9.17, 15) is 9.59 Å². The van der Waals surface area contributed by atoms with Gasteiger partial charge in [0.15, 0.2) is 18.1 Å². The molecule has 0 aliphatic carbocycles. The molecule has 0 saturated carbocycles. The molecule has 1 amide bonds. The van der Waals surface area contributed by atoms with E-state index in [0.29, 0.717) is 27.7 Å². The summed E-state index contributed by atoms with van der Waals surface area (Å²) in [6, 6.07) is 14.2. The van der Waals surface area contributed by atoms with Gasteiger partial charge in [-0.2, -0.15) is 5.10 Å². The number of esters is 1. The molecule has 0 aliphatic rings. The first kappa shape index (κ1) is 22.0. The van der Waals surface area contributed by atoms with Crippen molar-refractivity contribution in [2.45, 2.75) is 13.8 Å². The second-order valence-corrected chi connectivity index (χ2v) is 7.58. The van der Waals surface area contributed by atoms with Gasteiger partial charge in [-0.25, -0.2) is 10.2 Å². The average Bonchev–Trinajstić information content (AvgIpc) is 3.29. The highest BCUT2D eigenvalue weighted by Crippen LogP contribution is 2.28. The van der Waals surface area contributed by atoms with Crippen LogP contribution in [-0.4, -0.2) is 31.8 Å². The van der Waals surface area contributed by atoms with Crippen LogP contribution in [0.3, 0.4) is 0 Å². The molecule has 0 radical (unpaired) electrons. The molecule has 1 N–H and O–H groups in total. The molecule has 0 unspecified atom stereocenters. The zero-order valence-electron chi connectivity index (χ0n) is 17.4. The molecule has 160 valence electrons. The monoisotopic (exact) mass is 438 g/mol. The molecule has 0 aliphatic heterocycles. The number of rotatable bonds is 8. The summed E-state index contributed by atoms with van der Waals surface area (Å²) in [5, 5.41) is 5.73. The van der Waals surface area contributed by atoms with Gasteiger partial charge in [0.25, 0.3) is 5.91 Å². The highest BCUT2D eigenvalue weighted by Gasteiger charge is 2.13. The Labute approximate surface area is 184 Å². The number of hydrogen-bond acceptors (Lipinski definition) is 7. The predicted octanol–water partition coefficient (Wildman–Crippen LogP) is 4.12. The van der Waals surface area contributed by atoms with E-state index < -0.39 is 5.97 Å². The number of benzene rings is 2. The Morgan fingerprint density at radius 1 is 1.06 bits per heavy atom. The van der Waals surface area contributed by atoms with E-state index in [-0.39, 0.29) is 12.5 Å². The van der Waals surface area contributed by atoms with Crippen LogP contribution in [0.1, 0.15) is 26.4 Å². The number of ether oxygens (including phenoxy) is 3. The first-order chi connectivity index (χ1) is 15.0. The summed E-state index contributed by atoms with van der Waals surface area (Å²) in [6.07, 6.45) is 1.46. The minimum Gasteiger partial charge on any atom is -0.493 e. The van der Waals surface area contributed by atoms with Crippen LogP contribution in [0.4, 0.5) is 0 Å². The molecule has 3 rings (SSSR count). The standard InChI is InChI=1S/C23H22N2O5S/c1-15-6-8-18(16(2)11-15)29-14-22(26)25-24-13-17-7-9-19(20(12-17)28-3)30-23(27)21-5-4-10-31-21/h4-13H,14H2,1-3H3,(H,25,26)/b24-13+. The quantitative estimate of drug-likeness (QED) is 0.247. The highest BCUT2D eigenvalue weighted by molar-refractivity contribution is 7.12. The van der Waals surface area contributed by atoms with Gasteiger partial charge in [0.2, 0.25) is 0 Å². The SMILES string of the molecule is COc1cc(/C=N/NC(=O)COc2ccc(C)cc2C)ccc1OC(=O)c1cccs1. The van der Waals surface area contributed by atoms with E-state index in [0.717, 1.165) is 11.1 Å². The number of thiophene rings is 1. The fourth-order valence-electron chi connectivity index (χ4n) is 2.71. The molecule has 1 aromatic heterocycles. The number of amides is 1. The molecule has 31 heavy (non-hydrogen) atoms. The van der Waals surface area contributed by atoms with Crippen LogP contribution in [0, 0.1) is 13.8 Å². The van der Waals surface area contributed by atoms with Gasteiger partial charge in [0.1, 0.15) is 10.6 Å². The largest absolute Gasteiger partial charge is 0.493 e. The molecule has 7 nitrogen and oxygen atoms in total. The minimum atomic E-state index is -0.453. The van der Waals surface area contributed by atoms with E-state index in [4.69, 9.17) is 14.2 Å². The van der Waals surface area contributed by atoms with Crippen LogP contribution in [-0.2, 0) is 4.79 Å². The lowest BCUT2D eigenvalue weighted by Crippen LogP contribution is -2.24. The van der Waals surface area contributed by atoms with Crippen molar-refractivity contribution in [3.63, 3.8) is 0 Å².